The van der Waals surface area contributed by atoms with Gasteiger partial charge in [-0.2, -0.15) is 0 Å². The fraction of sp³-hybridized carbons (Fsp3) is 0.773. The minimum atomic E-state index is -0.999. The maximum absolute atomic E-state index is 13.6. The normalized spacial score (nSPS) is 25.3. The molecule has 2 saturated heterocycles. The number of cyclic esters (lactones) is 1. The quantitative estimate of drug-likeness (QED) is 0.661. The summed E-state index contributed by atoms with van der Waals surface area (Å²) in [6, 6.07) is -0.201. The first-order valence-electron chi connectivity index (χ1n) is 10.7. The van der Waals surface area contributed by atoms with Crippen LogP contribution in [0.3, 0.4) is 0 Å². The molecule has 3 rings (SSSR count). The molecule has 0 saturated carbocycles. The Bertz CT molecular complexity index is 749. The molecule has 0 aromatic carbocycles. The van der Waals surface area contributed by atoms with Gasteiger partial charge in [-0.3, -0.25) is 4.79 Å². The Morgan fingerprint density at radius 3 is 2.66 bits per heavy atom. The van der Waals surface area contributed by atoms with Gasteiger partial charge in [0.05, 0.1) is 12.1 Å². The molecule has 2 aliphatic rings. The van der Waals surface area contributed by atoms with E-state index < -0.39 is 23.8 Å². The van der Waals surface area contributed by atoms with Gasteiger partial charge < -0.3 is 18.8 Å². The lowest BCUT2D eigenvalue weighted by Gasteiger charge is -2.29. The van der Waals surface area contributed by atoms with Gasteiger partial charge in [-0.05, 0) is 19.3 Å². The molecule has 7 nitrogen and oxygen atoms in total. The molecular formula is C22H34N2O5. The van der Waals surface area contributed by atoms with Crippen molar-refractivity contribution in [2.24, 2.45) is 5.92 Å². The lowest BCUT2D eigenvalue weighted by Crippen LogP contribution is -2.43. The van der Waals surface area contributed by atoms with Gasteiger partial charge in [0.1, 0.15) is 11.8 Å². The van der Waals surface area contributed by atoms with E-state index >= 15 is 0 Å². The highest BCUT2D eigenvalue weighted by Gasteiger charge is 2.49. The number of hydrogen-bond acceptors (Lipinski definition) is 6. The molecule has 1 aromatic heterocycles. The number of unbranched alkanes of at least 4 members (excludes halogenated alkanes) is 1. The third-order valence-electron chi connectivity index (χ3n) is 5.62. The second kappa shape index (κ2) is 8.09. The van der Waals surface area contributed by atoms with Crippen LogP contribution in [-0.4, -0.2) is 40.2 Å². The summed E-state index contributed by atoms with van der Waals surface area (Å²) in [5.41, 5.74) is -0.143. The van der Waals surface area contributed by atoms with E-state index in [0.717, 1.165) is 31.4 Å². The van der Waals surface area contributed by atoms with E-state index in [1.807, 2.05) is 4.90 Å². The number of carbonyl (C=O) groups is 2. The predicted molar refractivity (Wildman–Crippen MR) is 107 cm³/mol. The summed E-state index contributed by atoms with van der Waals surface area (Å²) >= 11 is 0. The van der Waals surface area contributed by atoms with Crippen molar-refractivity contribution >= 4 is 11.9 Å². The number of hydrogen-bond donors (Lipinski definition) is 0. The zero-order chi connectivity index (χ0) is 21.4. The SMILES string of the molecule is CCCC[C@@H](C(=O)N1CCCC1c1ncc(C(C)(C)C)o1)C1OC(C)(C)OC1=O. The van der Waals surface area contributed by atoms with E-state index in [9.17, 15) is 9.59 Å². The van der Waals surface area contributed by atoms with Crippen LogP contribution < -0.4 is 0 Å². The second-order valence-corrected chi connectivity index (χ2v) is 9.61. The van der Waals surface area contributed by atoms with E-state index in [1.54, 1.807) is 20.0 Å². The molecule has 29 heavy (non-hydrogen) atoms. The third kappa shape index (κ3) is 4.65. The van der Waals surface area contributed by atoms with Crippen LogP contribution in [0.1, 0.15) is 91.3 Å². The molecule has 0 spiro atoms. The van der Waals surface area contributed by atoms with Crippen LogP contribution in [0, 0.1) is 5.92 Å². The summed E-state index contributed by atoms with van der Waals surface area (Å²) in [7, 11) is 0. The molecule has 3 atom stereocenters. The number of oxazole rings is 1. The Balaban J connectivity index is 1.82. The van der Waals surface area contributed by atoms with Gasteiger partial charge in [-0.15, -0.1) is 0 Å². The first kappa shape index (κ1) is 21.8. The van der Waals surface area contributed by atoms with Crippen LogP contribution in [0.25, 0.3) is 0 Å². The summed E-state index contributed by atoms with van der Waals surface area (Å²) in [4.78, 5) is 32.3. The van der Waals surface area contributed by atoms with Crippen molar-refractivity contribution in [3.8, 4) is 0 Å². The highest BCUT2D eigenvalue weighted by molar-refractivity contribution is 5.88. The van der Waals surface area contributed by atoms with Crippen LogP contribution in [0.4, 0.5) is 0 Å². The van der Waals surface area contributed by atoms with Crippen LogP contribution in [0.15, 0.2) is 10.6 Å². The Morgan fingerprint density at radius 1 is 1.38 bits per heavy atom. The molecule has 0 N–H and O–H groups in total. The first-order chi connectivity index (χ1) is 13.5. The summed E-state index contributed by atoms with van der Waals surface area (Å²) < 4.78 is 17.2. The summed E-state index contributed by atoms with van der Waals surface area (Å²) in [6.07, 6.45) is 4.95. The fourth-order valence-corrected chi connectivity index (χ4v) is 4.04. The largest absolute Gasteiger partial charge is 0.443 e. The number of ether oxygens (including phenoxy) is 2. The van der Waals surface area contributed by atoms with Gasteiger partial charge in [0.2, 0.25) is 17.6 Å². The summed E-state index contributed by atoms with van der Waals surface area (Å²) in [5.74, 6) is -0.700. The molecule has 3 heterocycles. The van der Waals surface area contributed by atoms with E-state index in [-0.39, 0.29) is 17.4 Å². The molecule has 162 valence electrons. The number of nitrogens with zero attached hydrogens (tertiary/aromatic N) is 2. The van der Waals surface area contributed by atoms with E-state index in [1.165, 1.54) is 0 Å². The number of amides is 1. The lowest BCUT2D eigenvalue weighted by molar-refractivity contribution is -0.163. The molecule has 0 bridgehead atoms. The summed E-state index contributed by atoms with van der Waals surface area (Å²) in [5, 5.41) is 0. The van der Waals surface area contributed by atoms with Gasteiger partial charge in [0.15, 0.2) is 6.10 Å². The predicted octanol–water partition coefficient (Wildman–Crippen LogP) is 4.12. The second-order valence-electron chi connectivity index (χ2n) is 9.61. The number of carbonyl (C=O) groups excluding carboxylic acids is 2. The van der Waals surface area contributed by atoms with Gasteiger partial charge >= 0.3 is 5.97 Å². The minimum absolute atomic E-state index is 0.0730. The van der Waals surface area contributed by atoms with Crippen molar-refractivity contribution in [2.75, 3.05) is 6.54 Å². The summed E-state index contributed by atoms with van der Waals surface area (Å²) in [6.45, 7) is 12.3. The monoisotopic (exact) mass is 406 g/mol. The van der Waals surface area contributed by atoms with Crippen molar-refractivity contribution in [2.45, 2.75) is 97.0 Å². The maximum atomic E-state index is 13.6. The highest BCUT2D eigenvalue weighted by atomic mass is 16.8. The molecule has 0 radical (unpaired) electrons. The Hall–Kier alpha value is -1.89. The molecular weight excluding hydrogens is 372 g/mol. The number of esters is 1. The van der Waals surface area contributed by atoms with Crippen molar-refractivity contribution in [3.05, 3.63) is 17.8 Å². The first-order valence-corrected chi connectivity index (χ1v) is 10.7. The topological polar surface area (TPSA) is 81.9 Å². The van der Waals surface area contributed by atoms with E-state index in [0.29, 0.717) is 18.9 Å². The van der Waals surface area contributed by atoms with E-state index in [4.69, 9.17) is 13.9 Å². The van der Waals surface area contributed by atoms with Crippen LogP contribution >= 0.6 is 0 Å². The van der Waals surface area contributed by atoms with Crippen molar-refractivity contribution in [3.63, 3.8) is 0 Å². The van der Waals surface area contributed by atoms with E-state index in [2.05, 4.69) is 32.7 Å². The molecule has 2 unspecified atom stereocenters. The van der Waals surface area contributed by atoms with Gasteiger partial charge in [0, 0.05) is 25.8 Å². The van der Waals surface area contributed by atoms with Gasteiger partial charge in [-0.1, -0.05) is 40.5 Å². The van der Waals surface area contributed by atoms with Gasteiger partial charge in [-0.25, -0.2) is 9.78 Å². The van der Waals surface area contributed by atoms with Gasteiger partial charge in [0.25, 0.3) is 0 Å². The zero-order valence-electron chi connectivity index (χ0n) is 18.5. The van der Waals surface area contributed by atoms with Crippen LogP contribution in [0.2, 0.25) is 0 Å². The van der Waals surface area contributed by atoms with Crippen LogP contribution in [0.5, 0.6) is 0 Å². The molecule has 1 amide bonds. The standard InChI is InChI=1S/C22H34N2O5/c1-7-8-10-14(17-20(26)29-22(5,6)28-17)19(25)24-12-9-11-15(24)18-23-13-16(27-18)21(2,3)4/h13-15,17H,7-12H2,1-6H3/t14-,15?,17?/m1/s1. The number of aromatic nitrogens is 1. The fourth-order valence-electron chi connectivity index (χ4n) is 4.04. The molecule has 7 heteroatoms. The molecule has 2 fully saturated rings. The highest BCUT2D eigenvalue weighted by Crippen LogP contribution is 2.38. The van der Waals surface area contributed by atoms with Crippen molar-refractivity contribution < 1.29 is 23.5 Å². The number of likely N-dealkylation sites (tertiary alicyclic amines) is 1. The minimum Gasteiger partial charge on any atom is -0.443 e. The molecule has 0 aliphatic carbocycles. The Labute approximate surface area is 173 Å². The number of rotatable bonds is 6. The van der Waals surface area contributed by atoms with Crippen LogP contribution in [-0.2, 0) is 24.5 Å². The molecule has 1 aromatic rings. The molecule has 2 aliphatic heterocycles. The Morgan fingerprint density at radius 2 is 2.10 bits per heavy atom. The Kier molecular flexibility index (Phi) is 6.08. The average molecular weight is 407 g/mol. The van der Waals surface area contributed by atoms with Crippen molar-refractivity contribution in [1.82, 2.24) is 9.88 Å². The smallest absolute Gasteiger partial charge is 0.338 e. The average Bonchev–Trinajstić information content (AvgIpc) is 3.32. The zero-order valence-corrected chi connectivity index (χ0v) is 18.5. The lowest BCUT2D eigenvalue weighted by atomic mass is 9.94. The van der Waals surface area contributed by atoms with Crippen molar-refractivity contribution in [1.29, 1.82) is 0 Å². The maximum Gasteiger partial charge on any atom is 0.338 e. The third-order valence-corrected chi connectivity index (χ3v) is 5.62.